The highest BCUT2D eigenvalue weighted by Crippen LogP contribution is 2.18. The molecule has 0 bridgehead atoms. The Morgan fingerprint density at radius 3 is 2.53 bits per heavy atom. The number of nitrogens with two attached hydrogens (primary N) is 1. The lowest BCUT2D eigenvalue weighted by Gasteiger charge is -2.31. The van der Waals surface area contributed by atoms with Crippen LogP contribution in [0.3, 0.4) is 0 Å². The lowest BCUT2D eigenvalue weighted by Crippen LogP contribution is -2.39. The van der Waals surface area contributed by atoms with Crippen LogP contribution in [0, 0.1) is 0 Å². The molecule has 0 unspecified atom stereocenters. The van der Waals surface area contributed by atoms with Gasteiger partial charge in [0.15, 0.2) is 0 Å². The van der Waals surface area contributed by atoms with E-state index in [2.05, 4.69) is 9.97 Å². The van der Waals surface area contributed by atoms with Gasteiger partial charge in [-0.3, -0.25) is 0 Å². The molecule has 1 aromatic rings. The van der Waals surface area contributed by atoms with E-state index in [9.17, 15) is 4.79 Å². The van der Waals surface area contributed by atoms with Crippen molar-refractivity contribution in [2.24, 2.45) is 5.73 Å². The molecular formula is C10H13ClN4O2. The Balaban J connectivity index is 1.90. The summed E-state index contributed by atoms with van der Waals surface area (Å²) in [6.45, 7) is 1.47. The molecule has 1 fully saturated rings. The van der Waals surface area contributed by atoms with E-state index in [0.717, 1.165) is 25.9 Å². The molecule has 0 atom stereocenters. The summed E-state index contributed by atoms with van der Waals surface area (Å²) in [5.74, 6) is 0.645. The Morgan fingerprint density at radius 2 is 2.00 bits per heavy atom. The largest absolute Gasteiger partial charge is 0.446 e. The van der Waals surface area contributed by atoms with E-state index in [4.69, 9.17) is 22.1 Å². The summed E-state index contributed by atoms with van der Waals surface area (Å²) in [6, 6.07) is 0. The molecule has 2 heterocycles. The van der Waals surface area contributed by atoms with Crippen molar-refractivity contribution in [2.75, 3.05) is 18.0 Å². The van der Waals surface area contributed by atoms with Gasteiger partial charge in [-0.1, -0.05) is 11.6 Å². The van der Waals surface area contributed by atoms with Gasteiger partial charge >= 0.3 is 6.09 Å². The van der Waals surface area contributed by atoms with Crippen molar-refractivity contribution in [3.63, 3.8) is 0 Å². The second-order valence-electron chi connectivity index (χ2n) is 3.82. The maximum atomic E-state index is 10.6. The van der Waals surface area contributed by atoms with Gasteiger partial charge in [-0.2, -0.15) is 0 Å². The van der Waals surface area contributed by atoms with Crippen molar-refractivity contribution in [1.82, 2.24) is 9.97 Å². The third-order valence-corrected chi connectivity index (χ3v) is 2.81. The number of rotatable bonds is 2. The molecule has 0 aliphatic carbocycles. The molecule has 2 rings (SSSR count). The van der Waals surface area contributed by atoms with E-state index < -0.39 is 6.09 Å². The number of primary amides is 1. The highest BCUT2D eigenvalue weighted by Gasteiger charge is 2.22. The molecule has 1 aliphatic heterocycles. The molecule has 1 amide bonds. The number of halogens is 1. The minimum atomic E-state index is -0.716. The molecule has 7 heteroatoms. The van der Waals surface area contributed by atoms with E-state index >= 15 is 0 Å². The smallest absolute Gasteiger partial charge is 0.404 e. The molecule has 0 radical (unpaired) electrons. The lowest BCUT2D eigenvalue weighted by atomic mass is 10.1. The fourth-order valence-corrected chi connectivity index (χ4v) is 1.90. The van der Waals surface area contributed by atoms with Gasteiger partial charge in [0.2, 0.25) is 5.95 Å². The van der Waals surface area contributed by atoms with Crippen molar-refractivity contribution < 1.29 is 9.53 Å². The first-order valence-corrected chi connectivity index (χ1v) is 5.71. The van der Waals surface area contributed by atoms with Gasteiger partial charge in [-0.15, -0.1) is 0 Å². The van der Waals surface area contributed by atoms with Crippen molar-refractivity contribution in [2.45, 2.75) is 18.9 Å². The van der Waals surface area contributed by atoms with Crippen LogP contribution in [0.25, 0.3) is 0 Å². The average Bonchev–Trinajstić information content (AvgIpc) is 2.30. The Kier molecular flexibility index (Phi) is 3.63. The van der Waals surface area contributed by atoms with Crippen molar-refractivity contribution in [1.29, 1.82) is 0 Å². The van der Waals surface area contributed by atoms with Gasteiger partial charge in [0.05, 0.1) is 17.4 Å². The molecule has 6 nitrogen and oxygen atoms in total. The van der Waals surface area contributed by atoms with Crippen LogP contribution in [0.2, 0.25) is 5.02 Å². The standard InChI is InChI=1S/C10H13ClN4O2/c11-7-5-13-10(14-6-7)15-3-1-8(2-4-15)17-9(12)16/h5-6,8H,1-4H2,(H2,12,16). The Morgan fingerprint density at radius 1 is 1.41 bits per heavy atom. The number of anilines is 1. The topological polar surface area (TPSA) is 81.3 Å². The van der Waals surface area contributed by atoms with Crippen LogP contribution in [-0.2, 0) is 4.74 Å². The maximum absolute atomic E-state index is 10.6. The maximum Gasteiger partial charge on any atom is 0.404 e. The van der Waals surface area contributed by atoms with Gasteiger partial charge in [0.1, 0.15) is 6.10 Å². The Labute approximate surface area is 104 Å². The van der Waals surface area contributed by atoms with Crippen LogP contribution in [0.5, 0.6) is 0 Å². The number of aromatic nitrogens is 2. The van der Waals surface area contributed by atoms with Crippen molar-refractivity contribution >= 4 is 23.6 Å². The van der Waals surface area contributed by atoms with Gasteiger partial charge in [0, 0.05) is 25.9 Å². The van der Waals surface area contributed by atoms with Crippen LogP contribution in [0.15, 0.2) is 12.4 Å². The van der Waals surface area contributed by atoms with Gasteiger partial charge in [-0.05, 0) is 0 Å². The number of amides is 1. The number of nitrogens with zero attached hydrogens (tertiary/aromatic N) is 3. The molecule has 2 N–H and O–H groups in total. The molecule has 1 aromatic heterocycles. The van der Waals surface area contributed by atoms with Gasteiger partial charge in [0.25, 0.3) is 0 Å². The zero-order chi connectivity index (χ0) is 12.3. The quantitative estimate of drug-likeness (QED) is 0.860. The molecule has 17 heavy (non-hydrogen) atoms. The number of hydrogen-bond acceptors (Lipinski definition) is 5. The second kappa shape index (κ2) is 5.18. The first-order valence-electron chi connectivity index (χ1n) is 5.34. The minimum absolute atomic E-state index is 0.101. The van der Waals surface area contributed by atoms with Crippen LogP contribution in [-0.4, -0.2) is 35.3 Å². The normalized spacial score (nSPS) is 16.9. The molecule has 0 spiro atoms. The van der Waals surface area contributed by atoms with E-state index in [-0.39, 0.29) is 6.10 Å². The third kappa shape index (κ3) is 3.20. The predicted molar refractivity (Wildman–Crippen MR) is 62.9 cm³/mol. The van der Waals surface area contributed by atoms with E-state index in [1.54, 1.807) is 12.4 Å². The summed E-state index contributed by atoms with van der Waals surface area (Å²) >= 11 is 5.72. The summed E-state index contributed by atoms with van der Waals surface area (Å²) in [5, 5.41) is 0.515. The molecule has 1 aliphatic rings. The van der Waals surface area contributed by atoms with E-state index in [1.807, 2.05) is 4.90 Å². The first kappa shape index (κ1) is 11.9. The van der Waals surface area contributed by atoms with Crippen LogP contribution in [0.1, 0.15) is 12.8 Å². The number of hydrogen-bond donors (Lipinski definition) is 1. The predicted octanol–water partition coefficient (Wildman–Crippen LogP) is 1.19. The SMILES string of the molecule is NC(=O)OC1CCN(c2ncc(Cl)cn2)CC1. The zero-order valence-corrected chi connectivity index (χ0v) is 9.93. The van der Waals surface area contributed by atoms with Crippen LogP contribution < -0.4 is 10.6 Å². The van der Waals surface area contributed by atoms with E-state index in [1.165, 1.54) is 0 Å². The molecule has 0 aromatic carbocycles. The highest BCUT2D eigenvalue weighted by molar-refractivity contribution is 6.30. The van der Waals surface area contributed by atoms with Crippen LogP contribution >= 0.6 is 11.6 Å². The monoisotopic (exact) mass is 256 g/mol. The fourth-order valence-electron chi connectivity index (χ4n) is 1.81. The zero-order valence-electron chi connectivity index (χ0n) is 9.17. The first-order chi connectivity index (χ1) is 8.15. The molecule has 1 saturated heterocycles. The van der Waals surface area contributed by atoms with E-state index in [0.29, 0.717) is 11.0 Å². The minimum Gasteiger partial charge on any atom is -0.446 e. The number of ether oxygens (including phenoxy) is 1. The molecule has 0 saturated carbocycles. The van der Waals surface area contributed by atoms with Gasteiger partial charge in [-0.25, -0.2) is 14.8 Å². The second-order valence-corrected chi connectivity index (χ2v) is 4.26. The summed E-state index contributed by atoms with van der Waals surface area (Å²) in [6.07, 6.45) is 3.78. The average molecular weight is 257 g/mol. The summed E-state index contributed by atoms with van der Waals surface area (Å²) in [4.78, 5) is 20.9. The van der Waals surface area contributed by atoms with Crippen molar-refractivity contribution in [3.05, 3.63) is 17.4 Å². The number of carbonyl (C=O) groups is 1. The third-order valence-electron chi connectivity index (χ3n) is 2.61. The number of carbonyl (C=O) groups excluding carboxylic acids is 1. The summed E-state index contributed by atoms with van der Waals surface area (Å²) in [5.41, 5.74) is 4.97. The van der Waals surface area contributed by atoms with Gasteiger partial charge < -0.3 is 15.4 Å². The molecular weight excluding hydrogens is 244 g/mol. The van der Waals surface area contributed by atoms with Crippen LogP contribution in [0.4, 0.5) is 10.7 Å². The Bertz CT molecular complexity index is 390. The Hall–Kier alpha value is -1.56. The lowest BCUT2D eigenvalue weighted by molar-refractivity contribution is 0.0910. The summed E-state index contributed by atoms with van der Waals surface area (Å²) in [7, 11) is 0. The molecule has 92 valence electrons. The highest BCUT2D eigenvalue weighted by atomic mass is 35.5. The van der Waals surface area contributed by atoms with Crippen molar-refractivity contribution in [3.8, 4) is 0 Å². The summed E-state index contributed by atoms with van der Waals surface area (Å²) < 4.78 is 4.94. The fraction of sp³-hybridized carbons (Fsp3) is 0.500. The number of piperidine rings is 1.